The van der Waals surface area contributed by atoms with Crippen LogP contribution in [0.3, 0.4) is 0 Å². The second-order valence-corrected chi connectivity index (χ2v) is 4.95. The SMILES string of the molecule is COC(C)CCC(=O)Cc1cc(Br)ccc1F. The van der Waals surface area contributed by atoms with Crippen molar-refractivity contribution in [1.29, 1.82) is 0 Å². The average molecular weight is 303 g/mol. The zero-order valence-electron chi connectivity index (χ0n) is 10.0. The summed E-state index contributed by atoms with van der Waals surface area (Å²) in [7, 11) is 1.61. The van der Waals surface area contributed by atoms with Crippen LogP contribution in [0.15, 0.2) is 22.7 Å². The van der Waals surface area contributed by atoms with Crippen LogP contribution in [0.4, 0.5) is 4.39 Å². The van der Waals surface area contributed by atoms with E-state index in [4.69, 9.17) is 4.74 Å². The van der Waals surface area contributed by atoms with E-state index >= 15 is 0 Å². The number of ketones is 1. The van der Waals surface area contributed by atoms with Gasteiger partial charge in [0.25, 0.3) is 0 Å². The molecule has 1 atom stereocenters. The van der Waals surface area contributed by atoms with Crippen LogP contribution in [0.1, 0.15) is 25.3 Å². The zero-order chi connectivity index (χ0) is 12.8. The van der Waals surface area contributed by atoms with Crippen LogP contribution < -0.4 is 0 Å². The molecular weight excluding hydrogens is 287 g/mol. The predicted molar refractivity (Wildman–Crippen MR) is 68.5 cm³/mol. The van der Waals surface area contributed by atoms with E-state index in [1.54, 1.807) is 19.2 Å². The molecule has 0 N–H and O–H groups in total. The van der Waals surface area contributed by atoms with E-state index in [-0.39, 0.29) is 24.1 Å². The van der Waals surface area contributed by atoms with E-state index in [0.29, 0.717) is 18.4 Å². The molecule has 1 unspecified atom stereocenters. The number of methoxy groups -OCH3 is 1. The van der Waals surface area contributed by atoms with E-state index < -0.39 is 0 Å². The fraction of sp³-hybridized carbons (Fsp3) is 0.462. The molecule has 0 saturated heterocycles. The maximum absolute atomic E-state index is 13.4. The number of benzene rings is 1. The Morgan fingerprint density at radius 3 is 2.88 bits per heavy atom. The standard InChI is InChI=1S/C13H16BrFO2/c1-9(17-2)3-5-12(16)8-10-7-11(14)4-6-13(10)15/h4,6-7,9H,3,5,8H2,1-2H3. The normalized spacial score (nSPS) is 12.5. The summed E-state index contributed by atoms with van der Waals surface area (Å²) in [5.74, 6) is -0.299. The van der Waals surface area contributed by atoms with Crippen LogP contribution in [0.25, 0.3) is 0 Å². The van der Waals surface area contributed by atoms with E-state index in [1.807, 2.05) is 6.92 Å². The minimum Gasteiger partial charge on any atom is -0.382 e. The molecule has 0 spiro atoms. The van der Waals surface area contributed by atoms with Gasteiger partial charge in [-0.3, -0.25) is 4.79 Å². The van der Waals surface area contributed by atoms with Gasteiger partial charge in [-0.2, -0.15) is 0 Å². The summed E-state index contributed by atoms with van der Waals surface area (Å²) in [4.78, 5) is 11.7. The first-order chi connectivity index (χ1) is 8.02. The van der Waals surface area contributed by atoms with Gasteiger partial charge in [-0.1, -0.05) is 15.9 Å². The summed E-state index contributed by atoms with van der Waals surface area (Å²) >= 11 is 3.26. The van der Waals surface area contributed by atoms with Gasteiger partial charge in [-0.15, -0.1) is 0 Å². The molecule has 0 aliphatic heterocycles. The molecule has 0 aliphatic carbocycles. The van der Waals surface area contributed by atoms with Crippen molar-refractivity contribution in [2.45, 2.75) is 32.3 Å². The van der Waals surface area contributed by atoms with Crippen LogP contribution in [-0.2, 0) is 16.0 Å². The Balaban J connectivity index is 2.53. The first kappa shape index (κ1) is 14.3. The van der Waals surface area contributed by atoms with Crippen molar-refractivity contribution < 1.29 is 13.9 Å². The topological polar surface area (TPSA) is 26.3 Å². The highest BCUT2D eigenvalue weighted by Crippen LogP contribution is 2.17. The van der Waals surface area contributed by atoms with E-state index in [0.717, 1.165) is 4.47 Å². The molecule has 1 rings (SSSR count). The first-order valence-corrected chi connectivity index (χ1v) is 6.30. The quantitative estimate of drug-likeness (QED) is 0.804. The number of halogens is 2. The minimum atomic E-state index is -0.332. The van der Waals surface area contributed by atoms with Gasteiger partial charge >= 0.3 is 0 Å². The van der Waals surface area contributed by atoms with Gasteiger partial charge in [0, 0.05) is 24.4 Å². The molecule has 0 saturated carbocycles. The predicted octanol–water partition coefficient (Wildman–Crippen LogP) is 3.51. The highest BCUT2D eigenvalue weighted by Gasteiger charge is 2.10. The molecule has 1 aromatic carbocycles. The summed E-state index contributed by atoms with van der Waals surface area (Å²) in [6, 6.07) is 4.63. The van der Waals surface area contributed by atoms with Crippen LogP contribution in [0.2, 0.25) is 0 Å². The van der Waals surface area contributed by atoms with Crippen LogP contribution >= 0.6 is 15.9 Å². The number of ether oxygens (including phenoxy) is 1. The Hall–Kier alpha value is -0.740. The van der Waals surface area contributed by atoms with Crippen molar-refractivity contribution in [2.24, 2.45) is 0 Å². The van der Waals surface area contributed by atoms with Gasteiger partial charge in [-0.05, 0) is 37.1 Å². The Bertz CT molecular complexity index is 393. The van der Waals surface area contributed by atoms with Crippen molar-refractivity contribution >= 4 is 21.7 Å². The Labute approximate surface area is 109 Å². The van der Waals surface area contributed by atoms with E-state index in [9.17, 15) is 9.18 Å². The number of carbonyl (C=O) groups excluding carboxylic acids is 1. The second-order valence-electron chi connectivity index (χ2n) is 4.04. The van der Waals surface area contributed by atoms with Crippen molar-refractivity contribution in [3.05, 3.63) is 34.1 Å². The van der Waals surface area contributed by atoms with Crippen LogP contribution in [0, 0.1) is 5.82 Å². The lowest BCUT2D eigenvalue weighted by Crippen LogP contribution is -2.10. The van der Waals surface area contributed by atoms with Crippen molar-refractivity contribution in [2.75, 3.05) is 7.11 Å². The Morgan fingerprint density at radius 1 is 1.53 bits per heavy atom. The molecule has 0 heterocycles. The number of Topliss-reactive ketones (excluding diaryl/α,β-unsaturated/α-hetero) is 1. The molecule has 0 aromatic heterocycles. The lowest BCUT2D eigenvalue weighted by molar-refractivity contribution is -0.119. The number of rotatable bonds is 6. The van der Waals surface area contributed by atoms with Crippen molar-refractivity contribution in [1.82, 2.24) is 0 Å². The van der Waals surface area contributed by atoms with Crippen molar-refractivity contribution in [3.8, 4) is 0 Å². The summed E-state index contributed by atoms with van der Waals surface area (Å²) in [6.07, 6.45) is 1.29. The van der Waals surface area contributed by atoms with Crippen LogP contribution in [-0.4, -0.2) is 19.0 Å². The number of hydrogen-bond donors (Lipinski definition) is 0. The summed E-state index contributed by atoms with van der Waals surface area (Å²) in [5, 5.41) is 0. The van der Waals surface area contributed by atoms with Gasteiger partial charge in [-0.25, -0.2) is 4.39 Å². The molecule has 0 fully saturated rings. The average Bonchev–Trinajstić information content (AvgIpc) is 2.30. The summed E-state index contributed by atoms with van der Waals surface area (Å²) < 4.78 is 19.2. The molecule has 0 amide bonds. The zero-order valence-corrected chi connectivity index (χ0v) is 11.6. The lowest BCUT2D eigenvalue weighted by atomic mass is 10.0. The smallest absolute Gasteiger partial charge is 0.137 e. The fourth-order valence-corrected chi connectivity index (χ4v) is 1.87. The van der Waals surface area contributed by atoms with Gasteiger partial charge in [0.05, 0.1) is 6.10 Å². The third kappa shape index (κ3) is 4.96. The number of hydrogen-bond acceptors (Lipinski definition) is 2. The molecule has 4 heteroatoms. The maximum Gasteiger partial charge on any atom is 0.137 e. The Kier molecular flexibility index (Phi) is 5.78. The molecule has 17 heavy (non-hydrogen) atoms. The molecule has 1 aromatic rings. The third-order valence-electron chi connectivity index (χ3n) is 2.63. The fourth-order valence-electron chi connectivity index (χ4n) is 1.46. The molecule has 2 nitrogen and oxygen atoms in total. The van der Waals surface area contributed by atoms with Gasteiger partial charge < -0.3 is 4.74 Å². The summed E-state index contributed by atoms with van der Waals surface area (Å²) in [5.41, 5.74) is 0.439. The highest BCUT2D eigenvalue weighted by molar-refractivity contribution is 9.10. The van der Waals surface area contributed by atoms with Gasteiger partial charge in [0.15, 0.2) is 0 Å². The molecular formula is C13H16BrFO2. The minimum absolute atomic E-state index is 0.0332. The Morgan fingerprint density at radius 2 is 2.24 bits per heavy atom. The second kappa shape index (κ2) is 6.87. The first-order valence-electron chi connectivity index (χ1n) is 5.51. The van der Waals surface area contributed by atoms with Crippen LogP contribution in [0.5, 0.6) is 0 Å². The largest absolute Gasteiger partial charge is 0.382 e. The molecule has 0 bridgehead atoms. The maximum atomic E-state index is 13.4. The number of carbonyl (C=O) groups is 1. The summed E-state index contributed by atoms with van der Waals surface area (Å²) in [6.45, 7) is 1.91. The molecule has 0 aliphatic rings. The van der Waals surface area contributed by atoms with Gasteiger partial charge in [0.2, 0.25) is 0 Å². The third-order valence-corrected chi connectivity index (χ3v) is 3.12. The van der Waals surface area contributed by atoms with E-state index in [1.165, 1.54) is 6.07 Å². The monoisotopic (exact) mass is 302 g/mol. The van der Waals surface area contributed by atoms with E-state index in [2.05, 4.69) is 15.9 Å². The van der Waals surface area contributed by atoms with Gasteiger partial charge in [0.1, 0.15) is 11.6 Å². The highest BCUT2D eigenvalue weighted by atomic mass is 79.9. The van der Waals surface area contributed by atoms with Crippen molar-refractivity contribution in [3.63, 3.8) is 0 Å². The molecule has 0 radical (unpaired) electrons. The molecule has 94 valence electrons. The lowest BCUT2D eigenvalue weighted by Gasteiger charge is -2.08.